The number of carbonyl (C=O) groups is 1. The maximum absolute atomic E-state index is 11.3. The summed E-state index contributed by atoms with van der Waals surface area (Å²) in [5.41, 5.74) is 9.38. The highest BCUT2D eigenvalue weighted by Crippen LogP contribution is 2.30. The Morgan fingerprint density at radius 3 is 2.55 bits per heavy atom. The number of fused-ring (bicyclic) bond motifs is 2. The van der Waals surface area contributed by atoms with Crippen molar-refractivity contribution in [3.63, 3.8) is 0 Å². The highest BCUT2D eigenvalue weighted by atomic mass is 16.1. The molecule has 0 fully saturated rings. The average molecular weight is 379 g/mol. The number of primary amides is 1. The molecule has 0 saturated carbocycles. The lowest BCUT2D eigenvalue weighted by molar-refractivity contribution is 0.100. The van der Waals surface area contributed by atoms with Crippen LogP contribution in [0.2, 0.25) is 0 Å². The number of nitrogens with two attached hydrogens (primary N) is 1. The molecule has 5 aromatic rings. The van der Waals surface area contributed by atoms with Crippen LogP contribution in [0.25, 0.3) is 27.7 Å². The van der Waals surface area contributed by atoms with Crippen LogP contribution in [0.4, 0.5) is 11.5 Å². The SMILES string of the molecule is NC(=O)c1ccc(Nc2nccn3c(-c4cccc5ccccc45)cnc23)cc1. The molecular weight excluding hydrogens is 362 g/mol. The molecule has 0 aliphatic rings. The Bertz CT molecular complexity index is 1350. The number of hydrogen-bond donors (Lipinski definition) is 2. The fourth-order valence-corrected chi connectivity index (χ4v) is 3.51. The maximum atomic E-state index is 11.3. The molecule has 5 rings (SSSR count). The number of benzene rings is 3. The molecular formula is C23H17N5O. The number of carbonyl (C=O) groups excluding carboxylic acids is 1. The number of nitrogens with zero attached hydrogens (tertiary/aromatic N) is 3. The summed E-state index contributed by atoms with van der Waals surface area (Å²) in [5.74, 6) is 0.176. The van der Waals surface area contributed by atoms with Gasteiger partial charge < -0.3 is 11.1 Å². The third-order valence-electron chi connectivity index (χ3n) is 4.93. The van der Waals surface area contributed by atoms with Crippen LogP contribution in [0.1, 0.15) is 10.4 Å². The van der Waals surface area contributed by atoms with E-state index in [4.69, 9.17) is 5.73 Å². The quantitative estimate of drug-likeness (QED) is 0.485. The Morgan fingerprint density at radius 2 is 1.72 bits per heavy atom. The lowest BCUT2D eigenvalue weighted by Gasteiger charge is -2.09. The van der Waals surface area contributed by atoms with Crippen molar-refractivity contribution >= 4 is 33.8 Å². The van der Waals surface area contributed by atoms with Crippen LogP contribution in [-0.4, -0.2) is 20.3 Å². The molecule has 140 valence electrons. The lowest BCUT2D eigenvalue weighted by Crippen LogP contribution is -2.10. The number of nitrogens with one attached hydrogen (secondary N) is 1. The molecule has 0 spiro atoms. The van der Waals surface area contributed by atoms with Gasteiger partial charge in [0.05, 0.1) is 11.9 Å². The number of aromatic nitrogens is 3. The van der Waals surface area contributed by atoms with Gasteiger partial charge in [-0.3, -0.25) is 9.20 Å². The van der Waals surface area contributed by atoms with Crippen LogP contribution in [0.3, 0.4) is 0 Å². The highest BCUT2D eigenvalue weighted by molar-refractivity contribution is 5.96. The second-order valence-corrected chi connectivity index (χ2v) is 6.71. The molecule has 1 amide bonds. The minimum absolute atomic E-state index is 0.454. The highest BCUT2D eigenvalue weighted by Gasteiger charge is 2.12. The van der Waals surface area contributed by atoms with Crippen molar-refractivity contribution in [2.75, 3.05) is 5.32 Å². The van der Waals surface area contributed by atoms with Crippen LogP contribution < -0.4 is 11.1 Å². The van der Waals surface area contributed by atoms with Gasteiger partial charge >= 0.3 is 0 Å². The zero-order chi connectivity index (χ0) is 19.8. The summed E-state index contributed by atoms with van der Waals surface area (Å²) < 4.78 is 2.02. The number of rotatable bonds is 4. The zero-order valence-electron chi connectivity index (χ0n) is 15.4. The minimum atomic E-state index is -0.454. The second kappa shape index (κ2) is 6.76. The fourth-order valence-electron chi connectivity index (χ4n) is 3.51. The summed E-state index contributed by atoms with van der Waals surface area (Å²) >= 11 is 0. The molecule has 0 aliphatic carbocycles. The van der Waals surface area contributed by atoms with E-state index in [-0.39, 0.29) is 0 Å². The molecule has 0 radical (unpaired) electrons. The van der Waals surface area contributed by atoms with E-state index in [2.05, 4.69) is 45.6 Å². The van der Waals surface area contributed by atoms with Gasteiger partial charge in [-0.25, -0.2) is 9.97 Å². The molecule has 0 saturated heterocycles. The third kappa shape index (κ3) is 2.96. The molecule has 2 aromatic heterocycles. The van der Waals surface area contributed by atoms with Gasteiger partial charge in [-0.1, -0.05) is 42.5 Å². The van der Waals surface area contributed by atoms with Crippen molar-refractivity contribution in [1.29, 1.82) is 0 Å². The van der Waals surface area contributed by atoms with Crippen molar-refractivity contribution in [2.24, 2.45) is 5.73 Å². The molecule has 29 heavy (non-hydrogen) atoms. The van der Waals surface area contributed by atoms with Gasteiger partial charge in [0.25, 0.3) is 0 Å². The average Bonchev–Trinajstić information content (AvgIpc) is 3.19. The topological polar surface area (TPSA) is 85.3 Å². The van der Waals surface area contributed by atoms with Crippen LogP contribution in [-0.2, 0) is 0 Å². The number of amides is 1. The van der Waals surface area contributed by atoms with Gasteiger partial charge in [0.1, 0.15) is 0 Å². The van der Waals surface area contributed by atoms with Gasteiger partial charge in [0.2, 0.25) is 5.91 Å². The summed E-state index contributed by atoms with van der Waals surface area (Å²) in [6.45, 7) is 0. The van der Waals surface area contributed by atoms with Gasteiger partial charge in [-0.15, -0.1) is 0 Å². The van der Waals surface area contributed by atoms with E-state index in [9.17, 15) is 4.79 Å². The standard InChI is InChI=1S/C23H17N5O/c24-21(29)16-8-10-17(11-9-16)27-22-23-26-14-20(28(23)13-12-25-22)19-7-3-5-15-4-1-2-6-18(15)19/h1-14H,(H2,24,29)(H,25,27). The second-order valence-electron chi connectivity index (χ2n) is 6.71. The van der Waals surface area contributed by atoms with Crippen LogP contribution in [0.5, 0.6) is 0 Å². The van der Waals surface area contributed by atoms with Crippen molar-refractivity contribution in [3.05, 3.63) is 90.9 Å². The fraction of sp³-hybridized carbons (Fsp3) is 0. The molecule has 0 bridgehead atoms. The smallest absolute Gasteiger partial charge is 0.248 e. The number of hydrogen-bond acceptors (Lipinski definition) is 4. The first-order valence-corrected chi connectivity index (χ1v) is 9.18. The Morgan fingerprint density at radius 1 is 0.931 bits per heavy atom. The van der Waals surface area contributed by atoms with E-state index < -0.39 is 5.91 Å². The molecule has 6 nitrogen and oxygen atoms in total. The van der Waals surface area contributed by atoms with Crippen LogP contribution in [0, 0.1) is 0 Å². The van der Waals surface area contributed by atoms with E-state index in [1.54, 1.807) is 30.5 Å². The summed E-state index contributed by atoms with van der Waals surface area (Å²) in [7, 11) is 0. The molecule has 2 heterocycles. The predicted octanol–water partition coefficient (Wildman–Crippen LogP) is 4.39. The van der Waals surface area contributed by atoms with Gasteiger partial charge in [0.15, 0.2) is 11.5 Å². The van der Waals surface area contributed by atoms with Crippen LogP contribution >= 0.6 is 0 Å². The summed E-state index contributed by atoms with van der Waals surface area (Å²) in [6, 6.07) is 21.5. The van der Waals surface area contributed by atoms with E-state index in [0.717, 1.165) is 22.6 Å². The van der Waals surface area contributed by atoms with Crippen molar-refractivity contribution in [2.45, 2.75) is 0 Å². The molecule has 6 heteroatoms. The van der Waals surface area contributed by atoms with Crippen LogP contribution in [0.15, 0.2) is 85.3 Å². The van der Waals surface area contributed by atoms with E-state index in [0.29, 0.717) is 11.4 Å². The van der Waals surface area contributed by atoms with Crippen molar-refractivity contribution in [3.8, 4) is 11.3 Å². The normalized spacial score (nSPS) is 11.0. The van der Waals surface area contributed by atoms with E-state index in [1.807, 2.05) is 28.9 Å². The first-order valence-electron chi connectivity index (χ1n) is 9.18. The first kappa shape index (κ1) is 16.9. The van der Waals surface area contributed by atoms with Gasteiger partial charge in [-0.2, -0.15) is 0 Å². The predicted molar refractivity (Wildman–Crippen MR) is 114 cm³/mol. The van der Waals surface area contributed by atoms with Crippen molar-refractivity contribution in [1.82, 2.24) is 14.4 Å². The number of imidazole rings is 1. The minimum Gasteiger partial charge on any atom is -0.366 e. The molecule has 3 N–H and O–H groups in total. The Labute approximate surface area is 166 Å². The zero-order valence-corrected chi connectivity index (χ0v) is 15.4. The van der Waals surface area contributed by atoms with E-state index >= 15 is 0 Å². The monoisotopic (exact) mass is 379 g/mol. The first-order chi connectivity index (χ1) is 14.2. The number of anilines is 2. The summed E-state index contributed by atoms with van der Waals surface area (Å²) in [4.78, 5) is 20.3. The van der Waals surface area contributed by atoms with Gasteiger partial charge in [-0.05, 0) is 35.0 Å². The van der Waals surface area contributed by atoms with Crippen molar-refractivity contribution < 1.29 is 4.79 Å². The Balaban J connectivity index is 1.58. The molecule has 0 atom stereocenters. The largest absolute Gasteiger partial charge is 0.366 e. The third-order valence-corrected chi connectivity index (χ3v) is 4.93. The maximum Gasteiger partial charge on any atom is 0.248 e. The molecule has 0 aliphatic heterocycles. The Kier molecular flexibility index (Phi) is 3.95. The lowest BCUT2D eigenvalue weighted by atomic mass is 10.0. The summed E-state index contributed by atoms with van der Waals surface area (Å²) in [5, 5.41) is 5.62. The molecule has 0 unspecified atom stereocenters. The Hall–Kier alpha value is -4.19. The summed E-state index contributed by atoms with van der Waals surface area (Å²) in [6.07, 6.45) is 5.50. The van der Waals surface area contributed by atoms with E-state index in [1.165, 1.54) is 10.8 Å². The molecule has 3 aromatic carbocycles. The van der Waals surface area contributed by atoms with Gasteiger partial charge in [0, 0.05) is 29.2 Å².